The van der Waals surface area contributed by atoms with Gasteiger partial charge in [-0.1, -0.05) is 18.5 Å². The van der Waals surface area contributed by atoms with Gasteiger partial charge in [-0.3, -0.25) is 0 Å². The maximum atomic E-state index is 6.09. The SMILES string of the molecule is CCc1cc(Oc2ncnc(OC(C)C)c2N)ccc1Cl. The number of halogens is 1. The molecular formula is C15H18ClN3O2. The Kier molecular flexibility index (Phi) is 4.85. The molecule has 1 heterocycles. The first-order valence-corrected chi connectivity index (χ1v) is 7.12. The average Bonchev–Trinajstić information content (AvgIpc) is 2.44. The maximum Gasteiger partial charge on any atom is 0.249 e. The second-order valence-corrected chi connectivity index (χ2v) is 5.18. The molecule has 2 N–H and O–H groups in total. The summed E-state index contributed by atoms with van der Waals surface area (Å²) in [6.45, 7) is 5.82. The number of hydrogen-bond donors (Lipinski definition) is 1. The number of benzene rings is 1. The van der Waals surface area contributed by atoms with E-state index in [1.54, 1.807) is 12.1 Å². The molecule has 0 aliphatic carbocycles. The summed E-state index contributed by atoms with van der Waals surface area (Å²) in [6.07, 6.45) is 2.15. The van der Waals surface area contributed by atoms with Crippen molar-refractivity contribution in [3.63, 3.8) is 0 Å². The number of aromatic nitrogens is 2. The van der Waals surface area contributed by atoms with E-state index in [1.165, 1.54) is 6.33 Å². The second-order valence-electron chi connectivity index (χ2n) is 4.77. The summed E-state index contributed by atoms with van der Waals surface area (Å²) in [6, 6.07) is 5.43. The van der Waals surface area contributed by atoms with Crippen molar-refractivity contribution in [1.29, 1.82) is 0 Å². The van der Waals surface area contributed by atoms with Gasteiger partial charge in [-0.25, -0.2) is 0 Å². The number of nitrogens with two attached hydrogens (primary N) is 1. The fourth-order valence-electron chi connectivity index (χ4n) is 1.76. The van der Waals surface area contributed by atoms with Gasteiger partial charge in [-0.15, -0.1) is 0 Å². The molecule has 1 aromatic heterocycles. The lowest BCUT2D eigenvalue weighted by Gasteiger charge is -2.13. The molecule has 0 saturated carbocycles. The highest BCUT2D eigenvalue weighted by Crippen LogP contribution is 2.32. The van der Waals surface area contributed by atoms with E-state index in [-0.39, 0.29) is 17.7 Å². The number of rotatable bonds is 5. The molecule has 0 radical (unpaired) electrons. The minimum Gasteiger partial charge on any atom is -0.473 e. The van der Waals surface area contributed by atoms with Crippen molar-refractivity contribution in [3.05, 3.63) is 35.1 Å². The predicted octanol–water partition coefficient (Wildman–Crippen LogP) is 3.85. The van der Waals surface area contributed by atoms with E-state index in [4.69, 9.17) is 26.8 Å². The molecular weight excluding hydrogens is 290 g/mol. The van der Waals surface area contributed by atoms with Gasteiger partial charge in [-0.2, -0.15) is 9.97 Å². The smallest absolute Gasteiger partial charge is 0.249 e. The van der Waals surface area contributed by atoms with Crippen LogP contribution in [0.15, 0.2) is 24.5 Å². The van der Waals surface area contributed by atoms with E-state index >= 15 is 0 Å². The van der Waals surface area contributed by atoms with Crippen LogP contribution in [0, 0.1) is 0 Å². The summed E-state index contributed by atoms with van der Waals surface area (Å²) in [7, 11) is 0. The number of aryl methyl sites for hydroxylation is 1. The van der Waals surface area contributed by atoms with E-state index in [0.29, 0.717) is 16.7 Å². The third-order valence-electron chi connectivity index (χ3n) is 2.77. The summed E-state index contributed by atoms with van der Waals surface area (Å²) in [5, 5.41) is 0.712. The normalized spacial score (nSPS) is 10.7. The average molecular weight is 308 g/mol. The zero-order valence-corrected chi connectivity index (χ0v) is 13.0. The Morgan fingerprint density at radius 1 is 1.24 bits per heavy atom. The topological polar surface area (TPSA) is 70.3 Å². The standard InChI is InChI=1S/C15H18ClN3O2/c1-4-10-7-11(5-6-12(10)16)21-15-13(17)14(18-8-19-15)20-9(2)3/h5-9H,4,17H2,1-3H3. The Bertz CT molecular complexity index is 632. The number of nitrogen functional groups attached to an aromatic ring is 1. The first-order valence-electron chi connectivity index (χ1n) is 6.74. The molecule has 112 valence electrons. The van der Waals surface area contributed by atoms with E-state index < -0.39 is 0 Å². The molecule has 0 aliphatic heterocycles. The van der Waals surface area contributed by atoms with E-state index in [0.717, 1.165) is 12.0 Å². The van der Waals surface area contributed by atoms with Crippen LogP contribution in [0.4, 0.5) is 5.69 Å². The van der Waals surface area contributed by atoms with E-state index in [1.807, 2.05) is 26.8 Å². The van der Waals surface area contributed by atoms with Crippen LogP contribution < -0.4 is 15.2 Å². The van der Waals surface area contributed by atoms with Gasteiger partial charge in [0, 0.05) is 5.02 Å². The molecule has 2 aromatic rings. The minimum atomic E-state index is -0.0303. The Morgan fingerprint density at radius 3 is 2.62 bits per heavy atom. The monoisotopic (exact) mass is 307 g/mol. The molecule has 0 fully saturated rings. The van der Waals surface area contributed by atoms with Crippen LogP contribution in [0.3, 0.4) is 0 Å². The molecule has 0 saturated heterocycles. The Morgan fingerprint density at radius 2 is 1.95 bits per heavy atom. The molecule has 6 heteroatoms. The highest BCUT2D eigenvalue weighted by molar-refractivity contribution is 6.31. The highest BCUT2D eigenvalue weighted by atomic mass is 35.5. The number of anilines is 1. The summed E-state index contributed by atoms with van der Waals surface area (Å²) in [5.41, 5.74) is 7.26. The molecule has 21 heavy (non-hydrogen) atoms. The van der Waals surface area contributed by atoms with Crippen LogP contribution in [0.2, 0.25) is 5.02 Å². The molecule has 0 amide bonds. The second kappa shape index (κ2) is 6.63. The minimum absolute atomic E-state index is 0.0303. The van der Waals surface area contributed by atoms with Gasteiger partial charge >= 0.3 is 0 Å². The van der Waals surface area contributed by atoms with Crippen LogP contribution >= 0.6 is 11.6 Å². The molecule has 0 spiro atoms. The van der Waals surface area contributed by atoms with Gasteiger partial charge in [0.1, 0.15) is 12.1 Å². The van der Waals surface area contributed by atoms with Crippen molar-refractivity contribution in [2.45, 2.75) is 33.3 Å². The number of ether oxygens (including phenoxy) is 2. The zero-order chi connectivity index (χ0) is 15.4. The molecule has 5 nitrogen and oxygen atoms in total. The van der Waals surface area contributed by atoms with Crippen LogP contribution in [0.5, 0.6) is 17.5 Å². The third kappa shape index (κ3) is 3.76. The predicted molar refractivity (Wildman–Crippen MR) is 83.1 cm³/mol. The first kappa shape index (κ1) is 15.4. The zero-order valence-electron chi connectivity index (χ0n) is 12.3. The summed E-state index contributed by atoms with van der Waals surface area (Å²) >= 11 is 6.09. The summed E-state index contributed by atoms with van der Waals surface area (Å²) in [5.74, 6) is 1.21. The van der Waals surface area contributed by atoms with Crippen molar-refractivity contribution >= 4 is 17.3 Å². The van der Waals surface area contributed by atoms with Crippen LogP contribution in [0.25, 0.3) is 0 Å². The lowest BCUT2D eigenvalue weighted by atomic mass is 10.1. The fraction of sp³-hybridized carbons (Fsp3) is 0.333. The van der Waals surface area contributed by atoms with Crippen molar-refractivity contribution in [3.8, 4) is 17.5 Å². The van der Waals surface area contributed by atoms with Gasteiger partial charge in [0.05, 0.1) is 6.10 Å². The summed E-state index contributed by atoms with van der Waals surface area (Å²) < 4.78 is 11.2. The van der Waals surface area contributed by atoms with Crippen molar-refractivity contribution in [2.24, 2.45) is 0 Å². The van der Waals surface area contributed by atoms with Gasteiger partial charge in [0.25, 0.3) is 0 Å². The molecule has 0 unspecified atom stereocenters. The van der Waals surface area contributed by atoms with Gasteiger partial charge in [-0.05, 0) is 44.0 Å². The Hall–Kier alpha value is -2.01. The number of nitrogens with zero attached hydrogens (tertiary/aromatic N) is 2. The molecule has 2 rings (SSSR count). The van der Waals surface area contributed by atoms with Gasteiger partial charge in [0.2, 0.25) is 11.8 Å². The lowest BCUT2D eigenvalue weighted by Crippen LogP contribution is -2.10. The first-order chi connectivity index (χ1) is 10.0. The van der Waals surface area contributed by atoms with Crippen molar-refractivity contribution in [1.82, 2.24) is 9.97 Å². The van der Waals surface area contributed by atoms with Crippen LogP contribution in [-0.4, -0.2) is 16.1 Å². The van der Waals surface area contributed by atoms with E-state index in [2.05, 4.69) is 9.97 Å². The van der Waals surface area contributed by atoms with E-state index in [9.17, 15) is 0 Å². The fourth-order valence-corrected chi connectivity index (χ4v) is 2.01. The van der Waals surface area contributed by atoms with Crippen molar-refractivity contribution < 1.29 is 9.47 Å². The molecule has 0 atom stereocenters. The lowest BCUT2D eigenvalue weighted by molar-refractivity contribution is 0.233. The highest BCUT2D eigenvalue weighted by Gasteiger charge is 2.13. The third-order valence-corrected chi connectivity index (χ3v) is 3.14. The Balaban J connectivity index is 2.27. The van der Waals surface area contributed by atoms with Gasteiger partial charge in [0.15, 0.2) is 5.69 Å². The van der Waals surface area contributed by atoms with Crippen LogP contribution in [0.1, 0.15) is 26.3 Å². The largest absolute Gasteiger partial charge is 0.473 e. The Labute approximate surface area is 129 Å². The number of hydrogen-bond acceptors (Lipinski definition) is 5. The molecule has 0 aliphatic rings. The summed E-state index contributed by atoms with van der Waals surface area (Å²) in [4.78, 5) is 8.06. The van der Waals surface area contributed by atoms with Gasteiger partial charge < -0.3 is 15.2 Å². The maximum absolute atomic E-state index is 6.09. The quantitative estimate of drug-likeness (QED) is 0.908. The molecule has 1 aromatic carbocycles. The van der Waals surface area contributed by atoms with Crippen LogP contribution in [-0.2, 0) is 6.42 Å². The van der Waals surface area contributed by atoms with Crippen molar-refractivity contribution in [2.75, 3.05) is 5.73 Å². The molecule has 0 bridgehead atoms.